The first-order valence-electron chi connectivity index (χ1n) is 5.29. The van der Waals surface area contributed by atoms with E-state index >= 15 is 0 Å². The van der Waals surface area contributed by atoms with Crippen molar-refractivity contribution in [3.8, 4) is 11.1 Å². The molecule has 0 amide bonds. The number of benzene rings is 1. The molecule has 3 nitrogen and oxygen atoms in total. The van der Waals surface area contributed by atoms with Gasteiger partial charge in [0, 0.05) is 5.56 Å². The van der Waals surface area contributed by atoms with Crippen LogP contribution >= 0.6 is 23.1 Å². The molecular weight excluding hydrogens is 266 g/mol. The zero-order valence-corrected chi connectivity index (χ0v) is 11.7. The lowest BCUT2D eigenvalue weighted by molar-refractivity contribution is 0.0607. The number of hydrogen-bond donors (Lipinski definition) is 1. The second-order valence-corrected chi connectivity index (χ2v) is 5.66. The second-order valence-electron chi connectivity index (χ2n) is 3.57. The zero-order chi connectivity index (χ0) is 13.1. The Kier molecular flexibility index (Phi) is 3.93. The molecule has 0 spiro atoms. The maximum absolute atomic E-state index is 11.6. The summed E-state index contributed by atoms with van der Waals surface area (Å²) >= 11 is 2.96. The third-order valence-electron chi connectivity index (χ3n) is 2.53. The summed E-state index contributed by atoms with van der Waals surface area (Å²) in [5.74, 6) is -0.380. The van der Waals surface area contributed by atoms with Gasteiger partial charge in [-0.15, -0.1) is 23.1 Å². The zero-order valence-electron chi connectivity index (χ0n) is 10.1. The van der Waals surface area contributed by atoms with E-state index in [1.54, 1.807) is 11.8 Å². The molecule has 0 bridgehead atoms. The van der Waals surface area contributed by atoms with E-state index in [4.69, 9.17) is 10.5 Å². The summed E-state index contributed by atoms with van der Waals surface area (Å²) in [5.41, 5.74) is 8.53. The van der Waals surface area contributed by atoms with E-state index in [0.717, 1.165) is 15.3 Å². The van der Waals surface area contributed by atoms with Gasteiger partial charge in [0.15, 0.2) is 0 Å². The summed E-state index contributed by atoms with van der Waals surface area (Å²) in [4.78, 5) is 12.1. The summed E-state index contributed by atoms with van der Waals surface area (Å²) in [6.45, 7) is 0. The minimum absolute atomic E-state index is 0.380. The molecule has 2 N–H and O–H groups in total. The molecule has 2 aromatic rings. The molecule has 2 rings (SSSR count). The largest absolute Gasteiger partial charge is 0.465 e. The summed E-state index contributed by atoms with van der Waals surface area (Å²) in [6.07, 6.45) is 1.97. The van der Waals surface area contributed by atoms with Gasteiger partial charge in [0.1, 0.15) is 4.88 Å². The Morgan fingerprint density at radius 3 is 2.56 bits per heavy atom. The molecule has 1 aromatic carbocycles. The van der Waals surface area contributed by atoms with Gasteiger partial charge in [-0.05, 0) is 11.8 Å². The molecule has 0 aliphatic heterocycles. The molecule has 1 heterocycles. The van der Waals surface area contributed by atoms with Gasteiger partial charge in [0.2, 0.25) is 0 Å². The van der Waals surface area contributed by atoms with E-state index in [1.165, 1.54) is 18.4 Å². The Morgan fingerprint density at radius 1 is 1.33 bits per heavy atom. The lowest BCUT2D eigenvalue weighted by atomic mass is 10.1. The van der Waals surface area contributed by atoms with Gasteiger partial charge in [-0.3, -0.25) is 0 Å². The fraction of sp³-hybridized carbons (Fsp3) is 0.154. The van der Waals surface area contributed by atoms with Crippen LogP contribution in [0.1, 0.15) is 9.67 Å². The predicted molar refractivity (Wildman–Crippen MR) is 77.3 cm³/mol. The smallest absolute Gasteiger partial charge is 0.350 e. The Balaban J connectivity index is 2.60. The Labute approximate surface area is 114 Å². The molecule has 0 radical (unpaired) electrons. The quantitative estimate of drug-likeness (QED) is 0.690. The molecular formula is C13H13NO2S2. The maximum atomic E-state index is 11.6. The van der Waals surface area contributed by atoms with E-state index in [0.29, 0.717) is 10.6 Å². The number of esters is 1. The van der Waals surface area contributed by atoms with Gasteiger partial charge in [-0.1, -0.05) is 30.3 Å². The first kappa shape index (κ1) is 13.0. The second kappa shape index (κ2) is 5.46. The highest BCUT2D eigenvalue weighted by molar-refractivity contribution is 8.00. The number of thioether (sulfide) groups is 1. The molecule has 5 heteroatoms. The van der Waals surface area contributed by atoms with Gasteiger partial charge in [-0.25, -0.2) is 4.79 Å². The van der Waals surface area contributed by atoms with Crippen LogP contribution in [0.5, 0.6) is 0 Å². The molecule has 0 fully saturated rings. The molecule has 0 atom stereocenters. The van der Waals surface area contributed by atoms with Crippen LogP contribution in [0, 0.1) is 0 Å². The highest BCUT2D eigenvalue weighted by Crippen LogP contribution is 2.43. The number of ether oxygens (including phenoxy) is 1. The minimum Gasteiger partial charge on any atom is -0.465 e. The Bertz CT molecular complexity index is 564. The van der Waals surface area contributed by atoms with Crippen molar-refractivity contribution in [2.24, 2.45) is 0 Å². The molecule has 0 saturated carbocycles. The molecule has 0 saturated heterocycles. The van der Waals surface area contributed by atoms with E-state index in [1.807, 2.05) is 36.6 Å². The van der Waals surface area contributed by atoms with E-state index < -0.39 is 0 Å². The summed E-state index contributed by atoms with van der Waals surface area (Å²) in [6, 6.07) is 9.83. The van der Waals surface area contributed by atoms with Gasteiger partial charge >= 0.3 is 5.97 Å². The molecule has 0 unspecified atom stereocenters. The summed E-state index contributed by atoms with van der Waals surface area (Å²) in [5, 5.41) is 0. The van der Waals surface area contributed by atoms with Crippen LogP contribution in [0.4, 0.5) is 5.69 Å². The van der Waals surface area contributed by atoms with Crippen molar-refractivity contribution in [2.45, 2.75) is 4.21 Å². The van der Waals surface area contributed by atoms with Crippen molar-refractivity contribution in [3.05, 3.63) is 35.2 Å². The number of carbonyl (C=O) groups is 1. The van der Waals surface area contributed by atoms with Crippen LogP contribution in [0.15, 0.2) is 34.5 Å². The number of methoxy groups -OCH3 is 1. The third-order valence-corrected chi connectivity index (χ3v) is 4.84. The maximum Gasteiger partial charge on any atom is 0.350 e. The standard InChI is InChI=1S/C13H13NO2S2/c1-16-12(15)11-10(14)9(13(17-2)18-11)8-6-4-3-5-7-8/h3-7H,14H2,1-2H3. The summed E-state index contributed by atoms with van der Waals surface area (Å²) in [7, 11) is 1.36. The minimum atomic E-state index is -0.380. The molecule has 0 aliphatic rings. The number of anilines is 1. The Hall–Kier alpha value is -1.46. The van der Waals surface area contributed by atoms with Crippen LogP contribution in [0.3, 0.4) is 0 Å². The molecule has 94 valence electrons. The SMILES string of the molecule is COC(=O)c1sc(SC)c(-c2ccccc2)c1N. The monoisotopic (exact) mass is 279 g/mol. The lowest BCUT2D eigenvalue weighted by Gasteiger charge is -2.03. The number of thiophene rings is 1. The van der Waals surface area contributed by atoms with Crippen molar-refractivity contribution in [3.63, 3.8) is 0 Å². The average molecular weight is 279 g/mol. The highest BCUT2D eigenvalue weighted by Gasteiger charge is 2.21. The van der Waals surface area contributed by atoms with Crippen LogP contribution in [-0.4, -0.2) is 19.3 Å². The average Bonchev–Trinajstić information content (AvgIpc) is 2.75. The number of rotatable bonds is 3. The van der Waals surface area contributed by atoms with Crippen molar-refractivity contribution >= 4 is 34.8 Å². The fourth-order valence-corrected chi connectivity index (χ4v) is 3.60. The van der Waals surface area contributed by atoms with E-state index in [-0.39, 0.29) is 5.97 Å². The first-order valence-corrected chi connectivity index (χ1v) is 7.33. The number of hydrogen-bond acceptors (Lipinski definition) is 5. The van der Waals surface area contributed by atoms with Crippen LogP contribution in [-0.2, 0) is 4.74 Å². The summed E-state index contributed by atoms with van der Waals surface area (Å²) < 4.78 is 5.77. The van der Waals surface area contributed by atoms with E-state index in [2.05, 4.69) is 0 Å². The normalized spacial score (nSPS) is 10.3. The fourth-order valence-electron chi connectivity index (χ4n) is 1.69. The van der Waals surface area contributed by atoms with Gasteiger partial charge < -0.3 is 10.5 Å². The lowest BCUT2D eigenvalue weighted by Crippen LogP contribution is -2.02. The van der Waals surface area contributed by atoms with Gasteiger partial charge in [0.05, 0.1) is 17.0 Å². The number of nitrogens with two attached hydrogens (primary N) is 1. The van der Waals surface area contributed by atoms with Crippen LogP contribution in [0.2, 0.25) is 0 Å². The number of nitrogen functional groups attached to an aromatic ring is 1. The Morgan fingerprint density at radius 2 is 2.00 bits per heavy atom. The van der Waals surface area contributed by atoms with Crippen molar-refractivity contribution in [2.75, 3.05) is 19.1 Å². The van der Waals surface area contributed by atoms with Crippen LogP contribution in [0.25, 0.3) is 11.1 Å². The van der Waals surface area contributed by atoms with Crippen molar-refractivity contribution in [1.29, 1.82) is 0 Å². The third kappa shape index (κ3) is 2.23. The van der Waals surface area contributed by atoms with Crippen molar-refractivity contribution in [1.82, 2.24) is 0 Å². The first-order chi connectivity index (χ1) is 8.69. The molecule has 0 aliphatic carbocycles. The van der Waals surface area contributed by atoms with Crippen LogP contribution < -0.4 is 5.73 Å². The van der Waals surface area contributed by atoms with Gasteiger partial charge in [-0.2, -0.15) is 0 Å². The van der Waals surface area contributed by atoms with Crippen molar-refractivity contribution < 1.29 is 9.53 Å². The molecule has 18 heavy (non-hydrogen) atoms. The molecule has 1 aromatic heterocycles. The topological polar surface area (TPSA) is 52.3 Å². The predicted octanol–water partition coefficient (Wildman–Crippen LogP) is 3.51. The van der Waals surface area contributed by atoms with E-state index in [9.17, 15) is 4.79 Å². The highest BCUT2D eigenvalue weighted by atomic mass is 32.2. The van der Waals surface area contributed by atoms with Gasteiger partial charge in [0.25, 0.3) is 0 Å². The number of carbonyl (C=O) groups excluding carboxylic acids is 1.